The Morgan fingerprint density at radius 1 is 0.979 bits per heavy atom. The van der Waals surface area contributed by atoms with Gasteiger partial charge in [0, 0.05) is 62.8 Å². The van der Waals surface area contributed by atoms with Crippen molar-refractivity contribution >= 4 is 29.5 Å². The predicted molar refractivity (Wildman–Crippen MR) is 179 cm³/mol. The first-order valence-electron chi connectivity index (χ1n) is 16.3. The molecule has 3 amide bonds. The van der Waals surface area contributed by atoms with Crippen molar-refractivity contribution in [3.8, 4) is 0 Å². The van der Waals surface area contributed by atoms with Gasteiger partial charge in [-0.05, 0) is 55.2 Å². The van der Waals surface area contributed by atoms with Gasteiger partial charge in [-0.25, -0.2) is 9.18 Å². The molecule has 3 aromatic rings. The van der Waals surface area contributed by atoms with Crippen LogP contribution in [0.15, 0.2) is 72.8 Å². The van der Waals surface area contributed by atoms with Crippen LogP contribution in [-0.4, -0.2) is 90.6 Å². The first kappa shape index (κ1) is 34.3. The van der Waals surface area contributed by atoms with E-state index in [1.54, 1.807) is 47.1 Å². The minimum atomic E-state index is -0.782. The summed E-state index contributed by atoms with van der Waals surface area (Å²) in [6.45, 7) is 6.81. The molecule has 5 rings (SSSR count). The molecule has 0 radical (unpaired) electrons. The van der Waals surface area contributed by atoms with Gasteiger partial charge in [0.05, 0.1) is 18.7 Å². The topological polar surface area (TPSA) is 94.2 Å². The van der Waals surface area contributed by atoms with Crippen LogP contribution < -0.4 is 10.6 Å². The maximum atomic E-state index is 15.1. The number of halogens is 2. The number of nitrogens with one attached hydrogen (secondary N) is 2. The fourth-order valence-electron chi connectivity index (χ4n) is 6.35. The summed E-state index contributed by atoms with van der Waals surface area (Å²) in [4.78, 5) is 45.8. The van der Waals surface area contributed by atoms with E-state index in [1.165, 1.54) is 11.6 Å². The summed E-state index contributed by atoms with van der Waals surface area (Å²) in [5.74, 6) is -0.738. The predicted octanol–water partition coefficient (Wildman–Crippen LogP) is 4.58. The van der Waals surface area contributed by atoms with E-state index < -0.39 is 24.2 Å². The van der Waals surface area contributed by atoms with Gasteiger partial charge >= 0.3 is 6.09 Å². The van der Waals surface area contributed by atoms with Crippen molar-refractivity contribution in [1.29, 1.82) is 0 Å². The Morgan fingerprint density at radius 3 is 2.34 bits per heavy atom. The van der Waals surface area contributed by atoms with E-state index in [1.807, 2.05) is 37.3 Å². The van der Waals surface area contributed by atoms with Crippen molar-refractivity contribution in [2.24, 2.45) is 0 Å². The number of carbonyl (C=O) groups is 3. The average molecular weight is 664 g/mol. The summed E-state index contributed by atoms with van der Waals surface area (Å²) in [5.41, 5.74) is 3.66. The van der Waals surface area contributed by atoms with Crippen molar-refractivity contribution in [2.45, 2.75) is 51.4 Å². The van der Waals surface area contributed by atoms with E-state index in [2.05, 4.69) is 21.6 Å². The number of carbonyl (C=O) groups excluding carboxylic acids is 3. The third-order valence-corrected chi connectivity index (χ3v) is 9.25. The Labute approximate surface area is 281 Å². The van der Waals surface area contributed by atoms with Crippen molar-refractivity contribution in [1.82, 2.24) is 25.3 Å². The van der Waals surface area contributed by atoms with Crippen molar-refractivity contribution in [3.63, 3.8) is 0 Å². The molecule has 0 aromatic heterocycles. The molecule has 3 atom stereocenters. The minimum absolute atomic E-state index is 0.173. The van der Waals surface area contributed by atoms with Crippen LogP contribution in [0.4, 0.5) is 9.18 Å². The Hall–Kier alpha value is -3.99. The molecule has 11 heteroatoms. The number of rotatable bonds is 11. The second-order valence-corrected chi connectivity index (χ2v) is 12.4. The fourth-order valence-corrected chi connectivity index (χ4v) is 6.48. The zero-order valence-electron chi connectivity index (χ0n) is 27.0. The number of ether oxygens (including phenoxy) is 1. The highest BCUT2D eigenvalue weighted by molar-refractivity contribution is 6.30. The molecule has 2 N–H and O–H groups in total. The molecule has 1 fully saturated rings. The summed E-state index contributed by atoms with van der Waals surface area (Å²) < 4.78 is 20.4. The molecular formula is C36H43ClFN5O4. The second-order valence-electron chi connectivity index (χ2n) is 11.9. The van der Waals surface area contributed by atoms with Gasteiger partial charge in [-0.1, -0.05) is 66.2 Å². The van der Waals surface area contributed by atoms with Gasteiger partial charge in [0.15, 0.2) is 0 Å². The van der Waals surface area contributed by atoms with E-state index in [9.17, 15) is 14.4 Å². The molecule has 2 aliphatic heterocycles. The number of hydrogen-bond acceptors (Lipinski definition) is 6. The van der Waals surface area contributed by atoms with E-state index in [4.69, 9.17) is 16.3 Å². The average Bonchev–Trinajstić information content (AvgIpc) is 3.09. The van der Waals surface area contributed by atoms with Gasteiger partial charge in [-0.2, -0.15) is 0 Å². The van der Waals surface area contributed by atoms with Crippen LogP contribution in [0.3, 0.4) is 0 Å². The van der Waals surface area contributed by atoms with Crippen LogP contribution in [0.2, 0.25) is 5.02 Å². The summed E-state index contributed by atoms with van der Waals surface area (Å²) in [7, 11) is 0. The zero-order valence-corrected chi connectivity index (χ0v) is 27.7. The fraction of sp³-hybridized carbons (Fsp3) is 0.417. The van der Waals surface area contributed by atoms with Crippen LogP contribution >= 0.6 is 11.6 Å². The molecule has 0 spiro atoms. The molecule has 1 unspecified atom stereocenters. The minimum Gasteiger partial charge on any atom is -0.450 e. The number of nitrogens with zero attached hydrogens (tertiary/aromatic N) is 3. The third-order valence-electron chi connectivity index (χ3n) is 9.00. The third kappa shape index (κ3) is 8.68. The molecule has 0 saturated carbocycles. The second kappa shape index (κ2) is 16.2. The van der Waals surface area contributed by atoms with Gasteiger partial charge in [0.25, 0.3) is 0 Å². The zero-order chi connectivity index (χ0) is 33.3. The number of benzene rings is 3. The van der Waals surface area contributed by atoms with E-state index >= 15 is 4.39 Å². The van der Waals surface area contributed by atoms with E-state index in [0.717, 1.165) is 11.1 Å². The van der Waals surface area contributed by atoms with Gasteiger partial charge in [0.1, 0.15) is 11.9 Å². The van der Waals surface area contributed by atoms with Crippen molar-refractivity contribution in [3.05, 3.63) is 106 Å². The largest absolute Gasteiger partial charge is 0.450 e. The molecule has 0 bridgehead atoms. The SMILES string of the molecule is CCOC(=O)N(CC)CC(c1ccccc1F)N1CCN(C(=O)[C@@H](Cc2ccc(Cl)cc2)NC(=O)[C@H]2Cc3ccccc3CN2)CC1. The summed E-state index contributed by atoms with van der Waals surface area (Å²) in [6.07, 6.45) is 0.413. The number of amides is 3. The van der Waals surface area contributed by atoms with Crippen LogP contribution in [0.1, 0.15) is 42.1 Å². The molecule has 1 saturated heterocycles. The molecule has 2 aliphatic rings. The van der Waals surface area contributed by atoms with E-state index in [0.29, 0.717) is 62.7 Å². The molecule has 2 heterocycles. The van der Waals surface area contributed by atoms with Crippen LogP contribution in [0, 0.1) is 5.82 Å². The highest BCUT2D eigenvalue weighted by Gasteiger charge is 2.35. The number of hydrogen-bond donors (Lipinski definition) is 2. The molecule has 47 heavy (non-hydrogen) atoms. The number of fused-ring (bicyclic) bond motifs is 1. The number of likely N-dealkylation sites (N-methyl/N-ethyl adjacent to an activating group) is 1. The van der Waals surface area contributed by atoms with Crippen LogP contribution in [0.5, 0.6) is 0 Å². The lowest BCUT2D eigenvalue weighted by Gasteiger charge is -2.42. The van der Waals surface area contributed by atoms with Crippen molar-refractivity contribution in [2.75, 3.05) is 45.9 Å². The van der Waals surface area contributed by atoms with Crippen LogP contribution in [-0.2, 0) is 33.7 Å². The molecule has 3 aromatic carbocycles. The Bertz CT molecular complexity index is 1530. The number of piperazine rings is 1. The lowest BCUT2D eigenvalue weighted by molar-refractivity contribution is -0.138. The standard InChI is InChI=1S/C36H43ClFN5O4/c1-3-41(36(46)47-4-2)24-33(29-11-7-8-12-30(29)38)42-17-19-43(20-18-42)35(45)32(21-25-13-15-28(37)16-14-25)40-34(44)31-22-26-9-5-6-10-27(26)23-39-31/h5-16,31-33,39H,3-4,17-24H2,1-2H3,(H,40,44)/t31-,32-,33?/m1/s1. The summed E-state index contributed by atoms with van der Waals surface area (Å²) in [6, 6.07) is 20.3. The van der Waals surface area contributed by atoms with Crippen molar-refractivity contribution < 1.29 is 23.5 Å². The monoisotopic (exact) mass is 663 g/mol. The first-order chi connectivity index (χ1) is 22.8. The Kier molecular flexibility index (Phi) is 11.8. The lowest BCUT2D eigenvalue weighted by Crippen LogP contribution is -2.59. The highest BCUT2D eigenvalue weighted by Crippen LogP contribution is 2.27. The smallest absolute Gasteiger partial charge is 0.409 e. The molecular weight excluding hydrogens is 621 g/mol. The lowest BCUT2D eigenvalue weighted by atomic mass is 9.95. The van der Waals surface area contributed by atoms with Gasteiger partial charge < -0.3 is 25.2 Å². The molecule has 250 valence electrons. The summed E-state index contributed by atoms with van der Waals surface area (Å²) in [5, 5.41) is 6.97. The highest BCUT2D eigenvalue weighted by atomic mass is 35.5. The Morgan fingerprint density at radius 2 is 1.66 bits per heavy atom. The summed E-state index contributed by atoms with van der Waals surface area (Å²) >= 11 is 6.12. The van der Waals surface area contributed by atoms with E-state index in [-0.39, 0.29) is 30.8 Å². The Balaban J connectivity index is 1.30. The molecule has 9 nitrogen and oxygen atoms in total. The van der Waals surface area contributed by atoms with Crippen LogP contribution in [0.25, 0.3) is 0 Å². The normalized spacial score (nSPS) is 17.7. The molecule has 0 aliphatic carbocycles. The maximum Gasteiger partial charge on any atom is 0.409 e. The van der Waals surface area contributed by atoms with Gasteiger partial charge in [-0.15, -0.1) is 0 Å². The first-order valence-corrected chi connectivity index (χ1v) is 16.7. The quantitative estimate of drug-likeness (QED) is 0.312. The maximum absolute atomic E-state index is 15.1. The van der Waals surface area contributed by atoms with Gasteiger partial charge in [0.2, 0.25) is 11.8 Å². The van der Waals surface area contributed by atoms with Gasteiger partial charge in [-0.3, -0.25) is 14.5 Å².